The van der Waals surface area contributed by atoms with Crippen LogP contribution >= 0.6 is 11.8 Å². The third-order valence-corrected chi connectivity index (χ3v) is 7.55. The highest BCUT2D eigenvalue weighted by atomic mass is 32.2. The monoisotopic (exact) mass is 481 g/mol. The molecule has 0 saturated heterocycles. The maximum absolute atomic E-state index is 12.9. The lowest BCUT2D eigenvalue weighted by molar-refractivity contribution is -0.122. The number of carbonyl (C=O) groups is 1. The van der Waals surface area contributed by atoms with Gasteiger partial charge >= 0.3 is 5.69 Å². The van der Waals surface area contributed by atoms with Crippen LogP contribution in [0.1, 0.15) is 32.1 Å². The van der Waals surface area contributed by atoms with Crippen LogP contribution in [-0.4, -0.2) is 40.2 Å². The van der Waals surface area contributed by atoms with Gasteiger partial charge in [0.15, 0.2) is 21.5 Å². The summed E-state index contributed by atoms with van der Waals surface area (Å²) >= 11 is 1.27. The number of nitrogens with zero attached hydrogens (tertiary/aromatic N) is 6. The summed E-state index contributed by atoms with van der Waals surface area (Å²) in [6.07, 6.45) is 5.56. The van der Waals surface area contributed by atoms with Gasteiger partial charge in [-0.2, -0.15) is 0 Å². The maximum Gasteiger partial charge on any atom is 0.332 e. The summed E-state index contributed by atoms with van der Waals surface area (Å²) in [5.74, 6) is -0.0434. The topological polar surface area (TPSA) is 109 Å². The van der Waals surface area contributed by atoms with Crippen LogP contribution in [0.2, 0.25) is 0 Å². The van der Waals surface area contributed by atoms with Crippen LogP contribution in [0.15, 0.2) is 44.2 Å². The van der Waals surface area contributed by atoms with Gasteiger partial charge in [-0.3, -0.25) is 18.7 Å². The molecule has 1 aliphatic carbocycles. The molecule has 1 aliphatic rings. The molecule has 10 nitrogen and oxygen atoms in total. The van der Waals surface area contributed by atoms with E-state index in [1.54, 1.807) is 18.7 Å². The maximum atomic E-state index is 12.9. The first kappa shape index (κ1) is 22.5. The van der Waals surface area contributed by atoms with Crippen LogP contribution in [0.5, 0.6) is 0 Å². The molecule has 4 aromatic rings. The molecule has 0 unspecified atom stereocenters. The minimum atomic E-state index is -0.432. The van der Waals surface area contributed by atoms with Crippen molar-refractivity contribution in [3.8, 4) is 0 Å². The Hall–Kier alpha value is -3.34. The summed E-state index contributed by atoms with van der Waals surface area (Å²) in [7, 11) is 4.79. The molecule has 11 heteroatoms. The lowest BCUT2D eigenvalue weighted by atomic mass is 9.95. The highest BCUT2D eigenvalue weighted by Crippen LogP contribution is 2.30. The Morgan fingerprint density at radius 1 is 1.00 bits per heavy atom. The molecule has 0 radical (unpaired) electrons. The number of imidazole rings is 2. The van der Waals surface area contributed by atoms with Crippen LogP contribution in [0.25, 0.3) is 22.2 Å². The molecular weight excluding hydrogens is 454 g/mol. The molecule has 0 spiro atoms. The first-order chi connectivity index (χ1) is 16.3. The zero-order valence-corrected chi connectivity index (χ0v) is 20.3. The predicted molar refractivity (Wildman–Crippen MR) is 130 cm³/mol. The molecule has 0 bridgehead atoms. The fraction of sp³-hybridized carbons (Fsp3) is 0.435. The largest absolute Gasteiger partial charge is 0.352 e. The summed E-state index contributed by atoms with van der Waals surface area (Å²) in [6, 6.07) is 7.90. The quantitative estimate of drug-likeness (QED) is 0.467. The van der Waals surface area contributed by atoms with Crippen molar-refractivity contribution in [1.82, 2.24) is 33.6 Å². The number of aromatic nitrogens is 6. The number of aryl methyl sites for hydroxylation is 2. The molecule has 3 aromatic heterocycles. The summed E-state index contributed by atoms with van der Waals surface area (Å²) in [6.45, 7) is 0.142. The molecule has 5 rings (SSSR count). The highest BCUT2D eigenvalue weighted by molar-refractivity contribution is 7.99. The molecule has 34 heavy (non-hydrogen) atoms. The van der Waals surface area contributed by atoms with E-state index in [1.165, 1.54) is 29.8 Å². The van der Waals surface area contributed by atoms with E-state index in [4.69, 9.17) is 4.98 Å². The van der Waals surface area contributed by atoms with Crippen LogP contribution in [0.3, 0.4) is 0 Å². The summed E-state index contributed by atoms with van der Waals surface area (Å²) in [4.78, 5) is 47.3. The average molecular weight is 482 g/mol. The number of hydrogen-bond acceptors (Lipinski definition) is 6. The van der Waals surface area contributed by atoms with Crippen molar-refractivity contribution in [2.24, 2.45) is 21.1 Å². The molecule has 1 aromatic carbocycles. The Morgan fingerprint density at radius 3 is 2.50 bits per heavy atom. The van der Waals surface area contributed by atoms with Crippen LogP contribution in [0, 0.1) is 0 Å². The van der Waals surface area contributed by atoms with E-state index in [0.29, 0.717) is 21.5 Å². The lowest BCUT2D eigenvalue weighted by Crippen LogP contribution is -2.38. The predicted octanol–water partition coefficient (Wildman–Crippen LogP) is 1.92. The molecule has 0 atom stereocenters. The number of amides is 1. The van der Waals surface area contributed by atoms with Gasteiger partial charge in [-0.15, -0.1) is 0 Å². The van der Waals surface area contributed by atoms with E-state index in [9.17, 15) is 14.4 Å². The number of rotatable bonds is 5. The van der Waals surface area contributed by atoms with Crippen LogP contribution in [-0.2, 0) is 32.5 Å². The first-order valence-corrected chi connectivity index (χ1v) is 12.2. The van der Waals surface area contributed by atoms with Gasteiger partial charge < -0.3 is 14.5 Å². The van der Waals surface area contributed by atoms with Gasteiger partial charge in [0.25, 0.3) is 5.56 Å². The van der Waals surface area contributed by atoms with Gasteiger partial charge in [0, 0.05) is 27.2 Å². The molecular formula is C23H27N7O3S. The molecule has 178 valence electrons. The number of benzene rings is 1. The van der Waals surface area contributed by atoms with E-state index in [2.05, 4.69) is 10.3 Å². The zero-order valence-electron chi connectivity index (χ0n) is 19.4. The van der Waals surface area contributed by atoms with Gasteiger partial charge in [0.2, 0.25) is 5.91 Å². The van der Waals surface area contributed by atoms with Gasteiger partial charge in [-0.05, 0) is 36.7 Å². The average Bonchev–Trinajstić information content (AvgIpc) is 3.34. The molecule has 1 fully saturated rings. The summed E-state index contributed by atoms with van der Waals surface area (Å²) in [5, 5.41) is 4.28. The second-order valence-electron chi connectivity index (χ2n) is 8.81. The van der Waals surface area contributed by atoms with Gasteiger partial charge in [-0.25, -0.2) is 14.8 Å². The molecule has 3 heterocycles. The normalized spacial score (nSPS) is 14.8. The van der Waals surface area contributed by atoms with Crippen molar-refractivity contribution in [3.05, 3.63) is 45.1 Å². The Bertz CT molecular complexity index is 1520. The standard InChI is InChI=1S/C23H27N7O3S/c1-27-18-19(28(2)23(33)29(3)20(18)32)26-21(27)34-22-25-15-11-7-8-12-16(15)30(22)13-17(31)24-14-9-5-4-6-10-14/h7-8,11-12,14H,4-6,9-10,13H2,1-3H3,(H,24,31). The fourth-order valence-corrected chi connectivity index (χ4v) is 5.56. The SMILES string of the molecule is Cn1c(=O)c2c(nc(Sc3nc4ccccc4n3CC(=O)NC3CCCCC3)n2C)n(C)c1=O. The smallest absolute Gasteiger partial charge is 0.332 e. The van der Waals surface area contributed by atoms with E-state index >= 15 is 0 Å². The van der Waals surface area contributed by atoms with Crippen LogP contribution in [0.4, 0.5) is 0 Å². The van der Waals surface area contributed by atoms with E-state index < -0.39 is 11.2 Å². The van der Waals surface area contributed by atoms with E-state index in [-0.39, 0.29) is 18.5 Å². The number of nitrogens with one attached hydrogen (secondary N) is 1. The Kier molecular flexibility index (Phi) is 5.80. The van der Waals surface area contributed by atoms with E-state index in [1.807, 2.05) is 28.8 Å². The Morgan fingerprint density at radius 2 is 1.74 bits per heavy atom. The number of para-hydroxylation sites is 2. The minimum absolute atomic E-state index is 0.0434. The van der Waals surface area contributed by atoms with Crippen molar-refractivity contribution in [1.29, 1.82) is 0 Å². The second kappa shape index (κ2) is 8.79. The summed E-state index contributed by atoms with van der Waals surface area (Å²) in [5.41, 5.74) is 1.45. The third-order valence-electron chi connectivity index (χ3n) is 6.51. The zero-order chi connectivity index (χ0) is 24.0. The van der Waals surface area contributed by atoms with Crippen molar-refractivity contribution in [2.45, 2.75) is 55.0 Å². The van der Waals surface area contributed by atoms with Gasteiger partial charge in [-0.1, -0.05) is 31.4 Å². The summed E-state index contributed by atoms with van der Waals surface area (Å²) < 4.78 is 5.99. The fourth-order valence-electron chi connectivity index (χ4n) is 4.62. The Balaban J connectivity index is 1.53. The van der Waals surface area contributed by atoms with Crippen LogP contribution < -0.4 is 16.6 Å². The number of carbonyl (C=O) groups excluding carboxylic acids is 1. The highest BCUT2D eigenvalue weighted by Gasteiger charge is 2.22. The van der Waals surface area contributed by atoms with Crippen molar-refractivity contribution >= 4 is 39.9 Å². The number of fused-ring (bicyclic) bond motifs is 2. The van der Waals surface area contributed by atoms with Crippen molar-refractivity contribution in [2.75, 3.05) is 0 Å². The second-order valence-corrected chi connectivity index (χ2v) is 9.74. The Labute approximate surface area is 199 Å². The molecule has 1 N–H and O–H groups in total. The molecule has 1 amide bonds. The van der Waals surface area contributed by atoms with Crippen molar-refractivity contribution in [3.63, 3.8) is 0 Å². The minimum Gasteiger partial charge on any atom is -0.352 e. The van der Waals surface area contributed by atoms with E-state index in [0.717, 1.165) is 41.3 Å². The third kappa shape index (κ3) is 3.83. The number of hydrogen-bond donors (Lipinski definition) is 1. The first-order valence-electron chi connectivity index (χ1n) is 11.4. The lowest BCUT2D eigenvalue weighted by Gasteiger charge is -2.23. The molecule has 1 saturated carbocycles. The van der Waals surface area contributed by atoms with Gasteiger partial charge in [0.1, 0.15) is 6.54 Å². The van der Waals surface area contributed by atoms with Gasteiger partial charge in [0.05, 0.1) is 11.0 Å². The van der Waals surface area contributed by atoms with Crippen molar-refractivity contribution < 1.29 is 4.79 Å². The molecule has 0 aliphatic heterocycles.